The van der Waals surface area contributed by atoms with Gasteiger partial charge < -0.3 is 4.90 Å². The molecule has 2 aliphatic rings. The van der Waals surface area contributed by atoms with E-state index in [1.165, 1.54) is 51.7 Å². The van der Waals surface area contributed by atoms with Gasteiger partial charge in [-0.25, -0.2) is 0 Å². The molecular weight excluding hydrogens is 202 g/mol. The normalized spacial score (nSPS) is 23.4. The predicted octanol–water partition coefficient (Wildman–Crippen LogP) is 3.06. The van der Waals surface area contributed by atoms with E-state index < -0.39 is 0 Å². The van der Waals surface area contributed by atoms with Gasteiger partial charge in [0.15, 0.2) is 0 Å². The Morgan fingerprint density at radius 3 is 2.00 bits per heavy atom. The van der Waals surface area contributed by atoms with Crippen LogP contribution in [0.4, 0.5) is 0 Å². The van der Waals surface area contributed by atoms with Gasteiger partial charge in [0.2, 0.25) is 0 Å². The number of rotatable bonds is 8. The first-order chi connectivity index (χ1) is 7.31. The lowest BCUT2D eigenvalue weighted by Crippen LogP contribution is -2.33. The lowest BCUT2D eigenvalue weighted by Gasteiger charge is -2.26. The van der Waals surface area contributed by atoms with Crippen LogP contribution >= 0.6 is 12.6 Å². The van der Waals surface area contributed by atoms with Crippen molar-refractivity contribution in [3.8, 4) is 0 Å². The Kier molecular flexibility index (Phi) is 4.39. The van der Waals surface area contributed by atoms with E-state index in [-0.39, 0.29) is 0 Å². The van der Waals surface area contributed by atoms with Crippen LogP contribution in [0.15, 0.2) is 0 Å². The first kappa shape index (κ1) is 11.8. The molecule has 2 rings (SSSR count). The lowest BCUT2D eigenvalue weighted by atomic mass is 10.1. The molecule has 0 radical (unpaired) electrons. The van der Waals surface area contributed by atoms with Crippen molar-refractivity contribution >= 4 is 12.6 Å². The van der Waals surface area contributed by atoms with E-state index in [2.05, 4.69) is 24.5 Å². The summed E-state index contributed by atoms with van der Waals surface area (Å²) in [5.41, 5.74) is 0. The molecule has 0 amide bonds. The monoisotopic (exact) mass is 227 g/mol. The standard InChI is InChI=1S/C13H25NS/c1-2-11(10-15)7-14(8-12-3-4-12)9-13-5-6-13/h11-13,15H,2-10H2,1H3. The van der Waals surface area contributed by atoms with E-state index in [1.54, 1.807) is 0 Å². The molecule has 0 aliphatic heterocycles. The summed E-state index contributed by atoms with van der Waals surface area (Å²) in [6.45, 7) is 6.35. The molecule has 88 valence electrons. The summed E-state index contributed by atoms with van der Waals surface area (Å²) in [6, 6.07) is 0. The first-order valence-corrected chi connectivity index (χ1v) is 7.28. The minimum absolute atomic E-state index is 0.811. The fraction of sp³-hybridized carbons (Fsp3) is 1.00. The molecule has 0 saturated heterocycles. The van der Waals surface area contributed by atoms with E-state index in [0.29, 0.717) is 0 Å². The molecule has 0 heterocycles. The SMILES string of the molecule is CCC(CS)CN(CC1CC1)CC1CC1. The van der Waals surface area contributed by atoms with Gasteiger partial charge in [-0.3, -0.25) is 0 Å². The number of nitrogens with zero attached hydrogens (tertiary/aromatic N) is 1. The summed E-state index contributed by atoms with van der Waals surface area (Å²) in [5, 5.41) is 0. The van der Waals surface area contributed by atoms with Gasteiger partial charge in [-0.2, -0.15) is 12.6 Å². The van der Waals surface area contributed by atoms with Crippen molar-refractivity contribution in [1.82, 2.24) is 4.90 Å². The average Bonchev–Trinajstić information content (AvgIpc) is 3.09. The summed E-state index contributed by atoms with van der Waals surface area (Å²) in [5.74, 6) is 3.95. The average molecular weight is 227 g/mol. The van der Waals surface area contributed by atoms with Crippen LogP contribution in [0.2, 0.25) is 0 Å². The van der Waals surface area contributed by atoms with Crippen LogP contribution in [0.1, 0.15) is 39.0 Å². The Morgan fingerprint density at radius 1 is 1.13 bits per heavy atom. The van der Waals surface area contributed by atoms with Crippen molar-refractivity contribution in [1.29, 1.82) is 0 Å². The summed E-state index contributed by atoms with van der Waals surface area (Å²) >= 11 is 4.46. The summed E-state index contributed by atoms with van der Waals surface area (Å²) in [4.78, 5) is 2.74. The van der Waals surface area contributed by atoms with Gasteiger partial charge in [0.05, 0.1) is 0 Å². The van der Waals surface area contributed by atoms with Gasteiger partial charge in [-0.05, 0) is 49.2 Å². The largest absolute Gasteiger partial charge is 0.302 e. The zero-order chi connectivity index (χ0) is 10.7. The Hall–Kier alpha value is 0.310. The number of hydrogen-bond donors (Lipinski definition) is 1. The number of hydrogen-bond acceptors (Lipinski definition) is 2. The van der Waals surface area contributed by atoms with E-state index in [9.17, 15) is 0 Å². The van der Waals surface area contributed by atoms with Crippen LogP contribution in [-0.2, 0) is 0 Å². The maximum absolute atomic E-state index is 4.46. The highest BCUT2D eigenvalue weighted by Gasteiger charge is 2.29. The van der Waals surface area contributed by atoms with Crippen molar-refractivity contribution in [2.24, 2.45) is 17.8 Å². The quantitative estimate of drug-likeness (QED) is 0.624. The Bertz CT molecular complexity index is 169. The maximum atomic E-state index is 4.46. The second-order valence-corrected chi connectivity index (χ2v) is 5.93. The third kappa shape index (κ3) is 4.36. The molecule has 0 aromatic heterocycles. The molecule has 0 aromatic carbocycles. The molecule has 0 bridgehead atoms. The van der Waals surface area contributed by atoms with Crippen LogP contribution < -0.4 is 0 Å². The van der Waals surface area contributed by atoms with Crippen molar-refractivity contribution in [2.75, 3.05) is 25.4 Å². The third-order valence-electron chi connectivity index (χ3n) is 3.78. The van der Waals surface area contributed by atoms with Crippen LogP contribution in [0.3, 0.4) is 0 Å². The van der Waals surface area contributed by atoms with E-state index in [1.807, 2.05) is 0 Å². The van der Waals surface area contributed by atoms with E-state index in [0.717, 1.165) is 23.5 Å². The molecule has 0 spiro atoms. The summed E-state index contributed by atoms with van der Waals surface area (Å²) in [7, 11) is 0. The van der Waals surface area contributed by atoms with E-state index >= 15 is 0 Å². The molecule has 0 N–H and O–H groups in total. The second kappa shape index (κ2) is 5.58. The van der Waals surface area contributed by atoms with Gasteiger partial charge >= 0.3 is 0 Å². The van der Waals surface area contributed by atoms with Crippen molar-refractivity contribution in [3.05, 3.63) is 0 Å². The Morgan fingerprint density at radius 2 is 1.67 bits per heavy atom. The van der Waals surface area contributed by atoms with Gasteiger partial charge in [0, 0.05) is 19.6 Å². The van der Waals surface area contributed by atoms with Crippen molar-refractivity contribution in [3.63, 3.8) is 0 Å². The molecule has 1 unspecified atom stereocenters. The third-order valence-corrected chi connectivity index (χ3v) is 4.29. The molecule has 2 saturated carbocycles. The molecule has 0 aromatic rings. The highest BCUT2D eigenvalue weighted by atomic mass is 32.1. The van der Waals surface area contributed by atoms with Gasteiger partial charge in [-0.15, -0.1) is 0 Å². The topological polar surface area (TPSA) is 3.24 Å². The molecule has 15 heavy (non-hydrogen) atoms. The summed E-state index contributed by atoms with van der Waals surface area (Å²) in [6.07, 6.45) is 7.23. The molecule has 2 heteroatoms. The van der Waals surface area contributed by atoms with Crippen molar-refractivity contribution in [2.45, 2.75) is 39.0 Å². The molecule has 2 fully saturated rings. The molecule has 1 nitrogen and oxygen atoms in total. The predicted molar refractivity (Wildman–Crippen MR) is 69.5 cm³/mol. The van der Waals surface area contributed by atoms with E-state index in [4.69, 9.17) is 0 Å². The summed E-state index contributed by atoms with van der Waals surface area (Å²) < 4.78 is 0. The van der Waals surface area contributed by atoms with Crippen LogP contribution in [0, 0.1) is 17.8 Å². The highest BCUT2D eigenvalue weighted by Crippen LogP contribution is 2.34. The fourth-order valence-corrected chi connectivity index (χ4v) is 2.61. The Labute approximate surface area is 100 Å². The molecular formula is C13H25NS. The van der Waals surface area contributed by atoms with Crippen LogP contribution in [0.5, 0.6) is 0 Å². The minimum atomic E-state index is 0.811. The first-order valence-electron chi connectivity index (χ1n) is 6.65. The fourth-order valence-electron chi connectivity index (χ4n) is 2.24. The van der Waals surface area contributed by atoms with Crippen LogP contribution in [0.25, 0.3) is 0 Å². The number of thiol groups is 1. The minimum Gasteiger partial charge on any atom is -0.302 e. The zero-order valence-electron chi connectivity index (χ0n) is 9.99. The molecule has 2 aliphatic carbocycles. The second-order valence-electron chi connectivity index (χ2n) is 5.56. The molecule has 1 atom stereocenters. The lowest BCUT2D eigenvalue weighted by molar-refractivity contribution is 0.219. The Balaban J connectivity index is 1.73. The smallest absolute Gasteiger partial charge is 0.00176 e. The van der Waals surface area contributed by atoms with Gasteiger partial charge in [-0.1, -0.05) is 13.3 Å². The van der Waals surface area contributed by atoms with Crippen molar-refractivity contribution < 1.29 is 0 Å². The van der Waals surface area contributed by atoms with Gasteiger partial charge in [0.25, 0.3) is 0 Å². The maximum Gasteiger partial charge on any atom is 0.00176 e. The van der Waals surface area contributed by atoms with Crippen LogP contribution in [-0.4, -0.2) is 30.3 Å². The van der Waals surface area contributed by atoms with Gasteiger partial charge in [0.1, 0.15) is 0 Å². The zero-order valence-corrected chi connectivity index (χ0v) is 10.9. The highest BCUT2D eigenvalue weighted by molar-refractivity contribution is 7.80.